The minimum Gasteiger partial charge on any atom is -0.845 e. The lowest BCUT2D eigenvalue weighted by molar-refractivity contribution is -0.619. The van der Waals surface area contributed by atoms with Crippen LogP contribution in [0, 0.1) is 0 Å². The van der Waals surface area contributed by atoms with Gasteiger partial charge in [0.15, 0.2) is 5.69 Å². The molecule has 0 fully saturated rings. The molecule has 0 aliphatic carbocycles. The second kappa shape index (κ2) is 6.81. The van der Waals surface area contributed by atoms with E-state index in [-0.39, 0.29) is 22.5 Å². The first-order valence-electron chi connectivity index (χ1n) is 7.25. The highest BCUT2D eigenvalue weighted by Crippen LogP contribution is 2.28. The van der Waals surface area contributed by atoms with Crippen molar-refractivity contribution in [1.82, 2.24) is 9.55 Å². The van der Waals surface area contributed by atoms with Crippen LogP contribution in [0.15, 0.2) is 41.6 Å². The third-order valence-electron chi connectivity index (χ3n) is 3.66. The Balaban J connectivity index is 2.34. The van der Waals surface area contributed by atoms with Gasteiger partial charge in [-0.05, 0) is 23.4 Å². The maximum atomic E-state index is 13.1. The summed E-state index contributed by atoms with van der Waals surface area (Å²) in [7, 11) is 0. The van der Waals surface area contributed by atoms with Gasteiger partial charge < -0.3 is 5.11 Å². The van der Waals surface area contributed by atoms with Gasteiger partial charge in [0, 0.05) is 0 Å². The van der Waals surface area contributed by atoms with Crippen LogP contribution in [-0.2, 0) is 6.54 Å². The van der Waals surface area contributed by atoms with Crippen LogP contribution >= 0.6 is 23.4 Å². The molecule has 2 aromatic heterocycles. The SMILES string of the molecule is CSc1nc(Cl)cc2n(Cc3ccccc3)c(C(=O)C(F)(F)F)c([O-])[n+]12. The highest BCUT2D eigenvalue weighted by Gasteiger charge is 2.44. The molecule has 3 rings (SSSR count). The molecule has 0 spiro atoms. The summed E-state index contributed by atoms with van der Waals surface area (Å²) in [6.45, 7) is -0.0993. The van der Waals surface area contributed by atoms with Gasteiger partial charge in [-0.1, -0.05) is 47.1 Å². The number of carbonyl (C=O) groups excluding carboxylic acids is 1. The van der Waals surface area contributed by atoms with Crippen molar-refractivity contribution in [3.05, 3.63) is 52.8 Å². The van der Waals surface area contributed by atoms with Crippen molar-refractivity contribution < 1.29 is 27.5 Å². The number of alkyl halides is 3. The Labute approximate surface area is 155 Å². The average Bonchev–Trinajstić information content (AvgIpc) is 2.85. The maximum absolute atomic E-state index is 13.1. The van der Waals surface area contributed by atoms with E-state index in [2.05, 4.69) is 4.98 Å². The standard InChI is InChI=1S/C16H11ClF3N3O2S/c1-26-15-21-10(17)7-11-22(8-9-5-3-2-4-6-9)12(14(25)23(11)15)13(24)16(18,19)20/h2-7H,8H2,1H3. The van der Waals surface area contributed by atoms with Gasteiger partial charge in [0.2, 0.25) is 10.8 Å². The zero-order valence-electron chi connectivity index (χ0n) is 13.2. The number of aromatic nitrogens is 3. The number of hydrogen-bond donors (Lipinski definition) is 0. The molecule has 0 saturated carbocycles. The van der Waals surface area contributed by atoms with E-state index in [4.69, 9.17) is 11.6 Å². The molecule has 0 radical (unpaired) electrons. The lowest BCUT2D eigenvalue weighted by Crippen LogP contribution is -2.30. The fourth-order valence-corrected chi connectivity index (χ4v) is 3.36. The molecular weight excluding hydrogens is 391 g/mol. The predicted octanol–water partition coefficient (Wildman–Crippen LogP) is 2.86. The summed E-state index contributed by atoms with van der Waals surface area (Å²) >= 11 is 6.98. The molecule has 0 atom stereocenters. The first-order chi connectivity index (χ1) is 12.2. The molecule has 3 aromatic rings. The lowest BCUT2D eigenvalue weighted by atomic mass is 10.2. The normalized spacial score (nSPS) is 11.9. The fraction of sp³-hybridized carbons (Fsp3) is 0.188. The maximum Gasteiger partial charge on any atom is 0.458 e. The average molecular weight is 402 g/mol. The number of nitrogens with zero attached hydrogens (tertiary/aromatic N) is 3. The smallest absolute Gasteiger partial charge is 0.458 e. The molecule has 0 unspecified atom stereocenters. The number of ketones is 1. The predicted molar refractivity (Wildman–Crippen MR) is 87.6 cm³/mol. The molecule has 0 saturated heterocycles. The van der Waals surface area contributed by atoms with Crippen LogP contribution in [0.25, 0.3) is 5.65 Å². The second-order valence-electron chi connectivity index (χ2n) is 5.31. The number of Topliss-reactive ketones (excluding diaryl/α,β-unsaturated/α-hetero) is 1. The quantitative estimate of drug-likeness (QED) is 0.222. The summed E-state index contributed by atoms with van der Waals surface area (Å²) in [5, 5.41) is 12.7. The highest BCUT2D eigenvalue weighted by molar-refractivity contribution is 7.98. The Morgan fingerprint density at radius 2 is 2.00 bits per heavy atom. The molecule has 1 aromatic carbocycles. The van der Waals surface area contributed by atoms with Gasteiger partial charge in [-0.2, -0.15) is 17.6 Å². The number of carbonyl (C=O) groups is 1. The zero-order valence-corrected chi connectivity index (χ0v) is 14.8. The minimum atomic E-state index is -5.18. The number of benzene rings is 1. The van der Waals surface area contributed by atoms with Gasteiger partial charge in [0.1, 0.15) is 0 Å². The van der Waals surface area contributed by atoms with Gasteiger partial charge in [-0.15, -0.1) is 0 Å². The molecule has 0 aliphatic heterocycles. The van der Waals surface area contributed by atoms with Crippen LogP contribution in [0.3, 0.4) is 0 Å². The summed E-state index contributed by atoms with van der Waals surface area (Å²) in [4.78, 5) is 15.9. The summed E-state index contributed by atoms with van der Waals surface area (Å²) in [5.74, 6) is -3.28. The number of hydrogen-bond acceptors (Lipinski definition) is 4. The number of halogens is 4. The monoisotopic (exact) mass is 401 g/mol. The Bertz CT molecular complexity index is 990. The van der Waals surface area contributed by atoms with Crippen molar-refractivity contribution in [3.63, 3.8) is 0 Å². The van der Waals surface area contributed by atoms with E-state index in [9.17, 15) is 23.1 Å². The van der Waals surface area contributed by atoms with E-state index in [1.54, 1.807) is 36.6 Å². The first kappa shape index (κ1) is 18.5. The van der Waals surface area contributed by atoms with Crippen LogP contribution in [0.2, 0.25) is 5.15 Å². The van der Waals surface area contributed by atoms with Crippen LogP contribution in [-0.4, -0.2) is 27.8 Å². The van der Waals surface area contributed by atoms with E-state index in [1.165, 1.54) is 6.07 Å². The van der Waals surface area contributed by atoms with Crippen molar-refractivity contribution in [1.29, 1.82) is 0 Å². The number of imidazole rings is 1. The van der Waals surface area contributed by atoms with Gasteiger partial charge in [0.25, 0.3) is 5.78 Å². The number of rotatable bonds is 4. The Hall–Kier alpha value is -2.26. The van der Waals surface area contributed by atoms with E-state index in [1.807, 2.05) is 0 Å². The molecule has 0 N–H and O–H groups in total. The summed E-state index contributed by atoms with van der Waals surface area (Å²) in [5.41, 5.74) is -0.281. The van der Waals surface area contributed by atoms with Gasteiger partial charge >= 0.3 is 11.3 Å². The van der Waals surface area contributed by atoms with E-state index in [0.717, 1.165) is 20.7 Å². The summed E-state index contributed by atoms with van der Waals surface area (Å²) < 4.78 is 41.2. The molecule has 136 valence electrons. The molecule has 10 heteroatoms. The first-order valence-corrected chi connectivity index (χ1v) is 8.85. The third-order valence-corrected chi connectivity index (χ3v) is 4.49. The van der Waals surface area contributed by atoms with E-state index in [0.29, 0.717) is 5.56 Å². The molecule has 2 heterocycles. The van der Waals surface area contributed by atoms with Crippen molar-refractivity contribution >= 4 is 34.8 Å². The van der Waals surface area contributed by atoms with Gasteiger partial charge in [-0.3, -0.25) is 4.79 Å². The molecule has 0 amide bonds. The van der Waals surface area contributed by atoms with Crippen molar-refractivity contribution in [3.8, 4) is 5.88 Å². The molecular formula is C16H11ClF3N3O2S. The largest absolute Gasteiger partial charge is 0.845 e. The van der Waals surface area contributed by atoms with Gasteiger partial charge in [-0.25, -0.2) is 4.57 Å². The minimum absolute atomic E-state index is 0.00664. The lowest BCUT2D eigenvalue weighted by Gasteiger charge is -2.09. The molecule has 0 aliphatic rings. The Kier molecular flexibility index (Phi) is 4.85. The Morgan fingerprint density at radius 1 is 1.35 bits per heavy atom. The third kappa shape index (κ3) is 3.24. The van der Waals surface area contributed by atoms with Crippen LogP contribution in [0.5, 0.6) is 5.88 Å². The number of fused-ring (bicyclic) bond motifs is 1. The zero-order chi connectivity index (χ0) is 19.1. The van der Waals surface area contributed by atoms with E-state index >= 15 is 0 Å². The van der Waals surface area contributed by atoms with Crippen molar-refractivity contribution in [2.75, 3.05) is 6.26 Å². The van der Waals surface area contributed by atoms with E-state index < -0.39 is 23.5 Å². The summed E-state index contributed by atoms with van der Waals surface area (Å²) in [6.07, 6.45) is -3.58. The van der Waals surface area contributed by atoms with Crippen LogP contribution in [0.4, 0.5) is 13.2 Å². The van der Waals surface area contributed by atoms with Crippen molar-refractivity contribution in [2.45, 2.75) is 17.9 Å². The van der Waals surface area contributed by atoms with Crippen LogP contribution < -0.4 is 9.51 Å². The van der Waals surface area contributed by atoms with Crippen LogP contribution in [0.1, 0.15) is 16.1 Å². The summed E-state index contributed by atoms with van der Waals surface area (Å²) in [6, 6.07) is 9.79. The van der Waals surface area contributed by atoms with Gasteiger partial charge in [0.05, 0.1) is 18.5 Å². The molecule has 0 bridgehead atoms. The highest BCUT2D eigenvalue weighted by atomic mass is 35.5. The fourth-order valence-electron chi connectivity index (χ4n) is 2.59. The second-order valence-corrected chi connectivity index (χ2v) is 6.47. The topological polar surface area (TPSA) is 62.1 Å². The Morgan fingerprint density at radius 3 is 2.58 bits per heavy atom. The molecule has 5 nitrogen and oxygen atoms in total. The van der Waals surface area contributed by atoms with Crippen molar-refractivity contribution in [2.24, 2.45) is 0 Å². The number of thioether (sulfide) groups is 1. The molecule has 26 heavy (non-hydrogen) atoms.